The molecule has 0 saturated heterocycles. The monoisotopic (exact) mass is 225 g/mol. The summed E-state index contributed by atoms with van der Waals surface area (Å²) in [5.41, 5.74) is 3.58. The summed E-state index contributed by atoms with van der Waals surface area (Å²) in [4.78, 5) is 8.67. The van der Waals surface area contributed by atoms with E-state index in [0.717, 1.165) is 22.4 Å². The molecule has 0 bridgehead atoms. The molecule has 0 fully saturated rings. The number of pyridine rings is 1. The van der Waals surface area contributed by atoms with Crippen molar-refractivity contribution in [3.63, 3.8) is 0 Å². The fourth-order valence-electron chi connectivity index (χ4n) is 1.83. The molecule has 0 amide bonds. The highest BCUT2D eigenvalue weighted by atomic mass is 16.3. The SMILES string of the molecule is Cc1cnc2c(c1)ncn2-c1cccc(O)c1. The van der Waals surface area contributed by atoms with Gasteiger partial charge in [-0.15, -0.1) is 0 Å². The summed E-state index contributed by atoms with van der Waals surface area (Å²) in [6.45, 7) is 1.99. The molecule has 0 saturated carbocycles. The first-order valence-corrected chi connectivity index (χ1v) is 5.33. The lowest BCUT2D eigenvalue weighted by molar-refractivity contribution is 0.475. The van der Waals surface area contributed by atoms with Crippen molar-refractivity contribution in [2.45, 2.75) is 6.92 Å². The smallest absolute Gasteiger partial charge is 0.164 e. The van der Waals surface area contributed by atoms with Gasteiger partial charge in [-0.05, 0) is 30.7 Å². The highest BCUT2D eigenvalue weighted by Crippen LogP contribution is 2.19. The van der Waals surface area contributed by atoms with Gasteiger partial charge in [0.2, 0.25) is 0 Å². The Morgan fingerprint density at radius 2 is 2.06 bits per heavy atom. The van der Waals surface area contributed by atoms with Crippen molar-refractivity contribution >= 4 is 11.2 Å². The molecular formula is C13H11N3O. The first kappa shape index (κ1) is 9.84. The van der Waals surface area contributed by atoms with Crippen LogP contribution in [-0.2, 0) is 0 Å². The summed E-state index contributed by atoms with van der Waals surface area (Å²) in [5.74, 6) is 0.233. The van der Waals surface area contributed by atoms with E-state index in [9.17, 15) is 5.11 Å². The van der Waals surface area contributed by atoms with Gasteiger partial charge in [-0.1, -0.05) is 6.07 Å². The number of hydrogen-bond donors (Lipinski definition) is 1. The summed E-state index contributed by atoms with van der Waals surface area (Å²) >= 11 is 0. The van der Waals surface area contributed by atoms with Gasteiger partial charge >= 0.3 is 0 Å². The maximum atomic E-state index is 9.47. The van der Waals surface area contributed by atoms with Gasteiger partial charge in [-0.3, -0.25) is 4.57 Å². The van der Waals surface area contributed by atoms with Gasteiger partial charge in [-0.25, -0.2) is 9.97 Å². The Hall–Kier alpha value is -2.36. The number of phenolic OH excluding ortho intramolecular Hbond substituents is 1. The highest BCUT2D eigenvalue weighted by molar-refractivity contribution is 5.73. The molecule has 1 N–H and O–H groups in total. The maximum absolute atomic E-state index is 9.47. The number of fused-ring (bicyclic) bond motifs is 1. The zero-order valence-corrected chi connectivity index (χ0v) is 9.33. The molecule has 0 unspecified atom stereocenters. The van der Waals surface area contributed by atoms with Gasteiger partial charge in [0.05, 0.1) is 5.69 Å². The van der Waals surface area contributed by atoms with Crippen LogP contribution in [0.25, 0.3) is 16.9 Å². The van der Waals surface area contributed by atoms with Crippen molar-refractivity contribution in [2.24, 2.45) is 0 Å². The zero-order chi connectivity index (χ0) is 11.8. The molecule has 2 aromatic heterocycles. The highest BCUT2D eigenvalue weighted by Gasteiger charge is 2.06. The first-order chi connectivity index (χ1) is 8.24. The summed E-state index contributed by atoms with van der Waals surface area (Å²) in [5, 5.41) is 9.47. The molecule has 2 heterocycles. The number of nitrogens with zero attached hydrogens (tertiary/aromatic N) is 3. The Kier molecular flexibility index (Phi) is 2.08. The largest absolute Gasteiger partial charge is 0.508 e. The minimum Gasteiger partial charge on any atom is -0.508 e. The minimum atomic E-state index is 0.233. The van der Waals surface area contributed by atoms with Crippen LogP contribution in [0.4, 0.5) is 0 Å². The molecule has 4 nitrogen and oxygen atoms in total. The van der Waals surface area contributed by atoms with Crippen molar-refractivity contribution in [2.75, 3.05) is 0 Å². The van der Waals surface area contributed by atoms with Gasteiger partial charge in [0.15, 0.2) is 5.65 Å². The van der Waals surface area contributed by atoms with Crippen molar-refractivity contribution in [1.82, 2.24) is 14.5 Å². The third kappa shape index (κ3) is 1.63. The molecule has 0 atom stereocenters. The van der Waals surface area contributed by atoms with Crippen LogP contribution in [0, 0.1) is 6.92 Å². The van der Waals surface area contributed by atoms with Crippen LogP contribution >= 0.6 is 0 Å². The lowest BCUT2D eigenvalue weighted by atomic mass is 10.3. The quantitative estimate of drug-likeness (QED) is 0.692. The molecule has 4 heteroatoms. The molecule has 3 rings (SSSR count). The number of aromatic hydroxyl groups is 1. The summed E-state index contributed by atoms with van der Waals surface area (Å²) in [7, 11) is 0. The van der Waals surface area contributed by atoms with Crippen LogP contribution in [0.3, 0.4) is 0 Å². The average Bonchev–Trinajstić information content (AvgIpc) is 2.71. The third-order valence-electron chi connectivity index (χ3n) is 2.63. The lowest BCUT2D eigenvalue weighted by Gasteiger charge is -2.03. The molecule has 0 aliphatic carbocycles. The second-order valence-electron chi connectivity index (χ2n) is 3.99. The average molecular weight is 225 g/mol. The molecular weight excluding hydrogens is 214 g/mol. The van der Waals surface area contributed by atoms with E-state index >= 15 is 0 Å². The molecule has 1 aromatic carbocycles. The Morgan fingerprint density at radius 3 is 2.88 bits per heavy atom. The summed E-state index contributed by atoms with van der Waals surface area (Å²) in [6, 6.07) is 9.01. The van der Waals surface area contributed by atoms with E-state index in [1.165, 1.54) is 0 Å². The van der Waals surface area contributed by atoms with Gasteiger partial charge in [0.1, 0.15) is 17.6 Å². The number of aryl methyl sites for hydroxylation is 1. The number of phenols is 1. The van der Waals surface area contributed by atoms with Crippen LogP contribution in [0.2, 0.25) is 0 Å². The number of imidazole rings is 1. The molecule has 17 heavy (non-hydrogen) atoms. The van der Waals surface area contributed by atoms with E-state index in [4.69, 9.17) is 0 Å². The van der Waals surface area contributed by atoms with Crippen molar-refractivity contribution in [1.29, 1.82) is 0 Å². The van der Waals surface area contributed by atoms with E-state index in [1.807, 2.05) is 29.8 Å². The number of benzene rings is 1. The van der Waals surface area contributed by atoms with Crippen LogP contribution in [0.5, 0.6) is 5.75 Å². The summed E-state index contributed by atoms with van der Waals surface area (Å²) in [6.07, 6.45) is 3.52. The molecule has 0 spiro atoms. The molecule has 0 radical (unpaired) electrons. The van der Waals surface area contributed by atoms with E-state index in [-0.39, 0.29) is 5.75 Å². The van der Waals surface area contributed by atoms with E-state index in [0.29, 0.717) is 0 Å². The van der Waals surface area contributed by atoms with E-state index in [1.54, 1.807) is 24.5 Å². The van der Waals surface area contributed by atoms with Gasteiger partial charge in [0.25, 0.3) is 0 Å². The van der Waals surface area contributed by atoms with Crippen LogP contribution in [0.1, 0.15) is 5.56 Å². The van der Waals surface area contributed by atoms with Gasteiger partial charge < -0.3 is 5.11 Å². The van der Waals surface area contributed by atoms with Gasteiger partial charge in [-0.2, -0.15) is 0 Å². The first-order valence-electron chi connectivity index (χ1n) is 5.33. The van der Waals surface area contributed by atoms with Crippen molar-refractivity contribution in [3.8, 4) is 11.4 Å². The van der Waals surface area contributed by atoms with Gasteiger partial charge in [0, 0.05) is 12.3 Å². The predicted octanol–water partition coefficient (Wildman–Crippen LogP) is 2.43. The predicted molar refractivity (Wildman–Crippen MR) is 65.3 cm³/mol. The Balaban J connectivity index is 2.24. The number of aromatic nitrogens is 3. The number of rotatable bonds is 1. The van der Waals surface area contributed by atoms with Crippen LogP contribution in [-0.4, -0.2) is 19.6 Å². The summed E-state index contributed by atoms with van der Waals surface area (Å²) < 4.78 is 1.86. The fourth-order valence-corrected chi connectivity index (χ4v) is 1.83. The fraction of sp³-hybridized carbons (Fsp3) is 0.0769. The second-order valence-corrected chi connectivity index (χ2v) is 3.99. The number of hydrogen-bond acceptors (Lipinski definition) is 3. The Morgan fingerprint density at radius 1 is 1.18 bits per heavy atom. The Bertz CT molecular complexity index is 688. The van der Waals surface area contributed by atoms with Crippen LogP contribution < -0.4 is 0 Å². The second kappa shape index (κ2) is 3.59. The molecule has 0 aliphatic rings. The van der Waals surface area contributed by atoms with Crippen molar-refractivity contribution < 1.29 is 5.11 Å². The molecule has 3 aromatic rings. The standard InChI is InChI=1S/C13H11N3O/c1-9-5-12-13(14-7-9)16(8-15-12)10-3-2-4-11(17)6-10/h2-8,17H,1H3. The van der Waals surface area contributed by atoms with Crippen molar-refractivity contribution in [3.05, 3.63) is 48.4 Å². The third-order valence-corrected chi connectivity index (χ3v) is 2.63. The topological polar surface area (TPSA) is 50.9 Å². The normalized spacial score (nSPS) is 10.9. The van der Waals surface area contributed by atoms with Crippen LogP contribution in [0.15, 0.2) is 42.9 Å². The minimum absolute atomic E-state index is 0.233. The van der Waals surface area contributed by atoms with E-state index < -0.39 is 0 Å². The molecule has 84 valence electrons. The Labute approximate surface area is 98.2 Å². The maximum Gasteiger partial charge on any atom is 0.164 e. The van der Waals surface area contributed by atoms with E-state index in [2.05, 4.69) is 9.97 Å². The zero-order valence-electron chi connectivity index (χ0n) is 9.33. The molecule has 0 aliphatic heterocycles. The lowest BCUT2D eigenvalue weighted by Crippen LogP contribution is -1.93.